The van der Waals surface area contributed by atoms with Crippen molar-refractivity contribution in [1.82, 2.24) is 15.8 Å². The van der Waals surface area contributed by atoms with Crippen molar-refractivity contribution in [2.45, 2.75) is 6.10 Å². The fraction of sp³-hybridized carbons (Fsp3) is 0.235. The predicted octanol–water partition coefficient (Wildman–Crippen LogP) is 0.550. The minimum absolute atomic E-state index is 0.171. The lowest BCUT2D eigenvalue weighted by molar-refractivity contribution is 0.0963. The van der Waals surface area contributed by atoms with E-state index in [1.807, 2.05) is 0 Å². The van der Waals surface area contributed by atoms with Crippen LogP contribution in [0.5, 0.6) is 0 Å². The highest BCUT2D eigenvalue weighted by Gasteiger charge is 2.32. The quantitative estimate of drug-likeness (QED) is 0.261. The number of aromatic nitrogens is 1. The van der Waals surface area contributed by atoms with Gasteiger partial charge >= 0.3 is 6.09 Å². The zero-order valence-electron chi connectivity index (χ0n) is 14.5. The second kappa shape index (κ2) is 7.98. The summed E-state index contributed by atoms with van der Waals surface area (Å²) in [5.41, 5.74) is 7.17. The Labute approximate surface area is 154 Å². The molecule has 1 fully saturated rings. The first-order valence-corrected chi connectivity index (χ1v) is 8.13. The number of hydrogen-bond acceptors (Lipinski definition) is 7. The maximum atomic E-state index is 14.6. The third-order valence-corrected chi connectivity index (χ3v) is 4.03. The maximum Gasteiger partial charge on any atom is 0.414 e. The SMILES string of the molecule is CNN/C(=N\N)c1ccc(-c2ccc(N3C[C@H](CO)OC3=O)cc2F)cn1. The van der Waals surface area contributed by atoms with Gasteiger partial charge in [0.2, 0.25) is 0 Å². The molecule has 0 radical (unpaired) electrons. The maximum absolute atomic E-state index is 14.6. The number of benzene rings is 1. The summed E-state index contributed by atoms with van der Waals surface area (Å²) in [6.45, 7) is -0.110. The summed E-state index contributed by atoms with van der Waals surface area (Å²) in [4.78, 5) is 17.3. The van der Waals surface area contributed by atoms with Gasteiger partial charge in [0.15, 0.2) is 5.84 Å². The Morgan fingerprint density at radius 3 is 2.85 bits per heavy atom. The molecule has 1 aliphatic rings. The third kappa shape index (κ3) is 3.81. The number of cyclic esters (lactones) is 1. The van der Waals surface area contributed by atoms with Crippen LogP contribution in [0.4, 0.5) is 14.9 Å². The van der Waals surface area contributed by atoms with E-state index in [0.717, 1.165) is 0 Å². The van der Waals surface area contributed by atoms with Gasteiger partial charge in [-0.3, -0.25) is 9.88 Å². The molecular weight excluding hydrogens is 355 g/mol. The second-order valence-corrected chi connectivity index (χ2v) is 5.75. The Balaban J connectivity index is 1.83. The van der Waals surface area contributed by atoms with Crippen LogP contribution in [-0.4, -0.2) is 48.3 Å². The number of amides is 1. The number of amidine groups is 1. The highest BCUT2D eigenvalue weighted by atomic mass is 19.1. The van der Waals surface area contributed by atoms with E-state index in [4.69, 9.17) is 15.7 Å². The number of carbonyl (C=O) groups excluding carboxylic acids is 1. The van der Waals surface area contributed by atoms with Crippen molar-refractivity contribution in [2.24, 2.45) is 10.9 Å². The van der Waals surface area contributed by atoms with E-state index in [1.165, 1.54) is 17.2 Å². The number of hydrogen-bond donors (Lipinski definition) is 4. The van der Waals surface area contributed by atoms with Crippen molar-refractivity contribution in [3.05, 3.63) is 48.0 Å². The minimum Gasteiger partial charge on any atom is -0.441 e. The molecule has 1 aliphatic heterocycles. The van der Waals surface area contributed by atoms with Crippen LogP contribution in [-0.2, 0) is 4.74 Å². The molecule has 0 saturated carbocycles. The average Bonchev–Trinajstić information content (AvgIpc) is 3.07. The smallest absolute Gasteiger partial charge is 0.414 e. The van der Waals surface area contributed by atoms with Crippen LogP contribution < -0.4 is 21.6 Å². The monoisotopic (exact) mass is 374 g/mol. The van der Waals surface area contributed by atoms with Gasteiger partial charge in [0, 0.05) is 24.4 Å². The average molecular weight is 374 g/mol. The first kappa shape index (κ1) is 18.5. The number of nitrogens with one attached hydrogen (secondary N) is 2. The molecule has 0 aliphatic carbocycles. The number of pyridine rings is 1. The third-order valence-electron chi connectivity index (χ3n) is 4.03. The van der Waals surface area contributed by atoms with E-state index in [-0.39, 0.29) is 13.2 Å². The van der Waals surface area contributed by atoms with Gasteiger partial charge in [-0.1, -0.05) is 6.07 Å². The standard InChI is InChI=1S/C17H19FN6O3/c1-20-23-16(22-19)15-5-2-10(7-21-15)13-4-3-11(6-14(13)18)24-8-12(9-25)27-17(24)26/h2-7,12,20,25H,8-9,19H2,1H3,(H,22,23)/t12-/m1/s1. The van der Waals surface area contributed by atoms with Crippen LogP contribution in [0.15, 0.2) is 41.6 Å². The van der Waals surface area contributed by atoms with E-state index in [9.17, 15) is 9.18 Å². The molecule has 0 spiro atoms. The lowest BCUT2D eigenvalue weighted by Crippen LogP contribution is -2.36. The molecular formula is C17H19FN6O3. The molecule has 1 saturated heterocycles. The first-order chi connectivity index (χ1) is 13.1. The van der Waals surface area contributed by atoms with Crippen LogP contribution in [0.2, 0.25) is 0 Å². The van der Waals surface area contributed by atoms with Crippen molar-refractivity contribution in [3.8, 4) is 11.1 Å². The lowest BCUT2D eigenvalue weighted by Gasteiger charge is -2.14. The highest BCUT2D eigenvalue weighted by molar-refractivity contribution is 5.96. The van der Waals surface area contributed by atoms with Crippen molar-refractivity contribution in [2.75, 3.05) is 25.1 Å². The molecule has 1 amide bonds. The van der Waals surface area contributed by atoms with Crippen molar-refractivity contribution in [1.29, 1.82) is 0 Å². The molecule has 1 atom stereocenters. The summed E-state index contributed by atoms with van der Waals surface area (Å²) in [5.74, 6) is 5.13. The Morgan fingerprint density at radius 2 is 2.30 bits per heavy atom. The topological polar surface area (TPSA) is 125 Å². The van der Waals surface area contributed by atoms with Gasteiger partial charge in [0.25, 0.3) is 0 Å². The summed E-state index contributed by atoms with van der Waals surface area (Å²) >= 11 is 0. The number of aliphatic hydroxyl groups excluding tert-OH is 1. The fourth-order valence-electron chi connectivity index (χ4n) is 2.71. The summed E-state index contributed by atoms with van der Waals surface area (Å²) in [6.07, 6.45) is 0.279. The number of ether oxygens (including phenoxy) is 1. The number of halogens is 1. The summed E-state index contributed by atoms with van der Waals surface area (Å²) in [5, 5.41) is 12.7. The summed E-state index contributed by atoms with van der Waals surface area (Å²) in [6, 6.07) is 7.77. The lowest BCUT2D eigenvalue weighted by atomic mass is 10.1. The number of aliphatic hydroxyl groups is 1. The molecule has 27 heavy (non-hydrogen) atoms. The molecule has 9 nitrogen and oxygen atoms in total. The number of hydrazine groups is 1. The Hall–Kier alpha value is -3.24. The predicted molar refractivity (Wildman–Crippen MR) is 97.3 cm³/mol. The normalized spacial score (nSPS) is 17.1. The van der Waals surface area contributed by atoms with Crippen LogP contribution in [0.3, 0.4) is 0 Å². The zero-order valence-corrected chi connectivity index (χ0v) is 14.5. The van der Waals surface area contributed by atoms with Gasteiger partial charge in [-0.15, -0.1) is 0 Å². The molecule has 1 aromatic heterocycles. The van der Waals surface area contributed by atoms with Crippen LogP contribution in [0.25, 0.3) is 11.1 Å². The second-order valence-electron chi connectivity index (χ2n) is 5.75. The van der Waals surface area contributed by atoms with E-state index < -0.39 is 18.0 Å². The Bertz CT molecular complexity index is 858. The Morgan fingerprint density at radius 1 is 1.48 bits per heavy atom. The number of nitrogens with zero attached hydrogens (tertiary/aromatic N) is 3. The molecule has 2 heterocycles. The molecule has 3 rings (SSSR count). The van der Waals surface area contributed by atoms with E-state index in [2.05, 4.69) is 20.9 Å². The molecule has 0 unspecified atom stereocenters. The van der Waals surface area contributed by atoms with Crippen molar-refractivity contribution >= 4 is 17.6 Å². The number of carbonyl (C=O) groups is 1. The number of rotatable bonds is 5. The van der Waals surface area contributed by atoms with Crippen LogP contribution in [0, 0.1) is 5.82 Å². The van der Waals surface area contributed by atoms with Gasteiger partial charge in [0.1, 0.15) is 17.6 Å². The van der Waals surface area contributed by atoms with E-state index in [0.29, 0.717) is 28.3 Å². The minimum atomic E-state index is -0.613. The van der Waals surface area contributed by atoms with Crippen LogP contribution >= 0.6 is 0 Å². The van der Waals surface area contributed by atoms with Crippen LogP contribution in [0.1, 0.15) is 5.69 Å². The van der Waals surface area contributed by atoms with E-state index in [1.54, 1.807) is 31.3 Å². The Kier molecular flexibility index (Phi) is 5.48. The number of anilines is 1. The fourth-order valence-corrected chi connectivity index (χ4v) is 2.71. The summed E-state index contributed by atoms with van der Waals surface area (Å²) < 4.78 is 19.6. The molecule has 142 valence electrons. The van der Waals surface area contributed by atoms with Gasteiger partial charge < -0.3 is 21.1 Å². The molecule has 10 heteroatoms. The zero-order chi connectivity index (χ0) is 19.4. The highest BCUT2D eigenvalue weighted by Crippen LogP contribution is 2.28. The van der Waals surface area contributed by atoms with E-state index >= 15 is 0 Å². The number of nitrogens with two attached hydrogens (primary N) is 1. The molecule has 0 bridgehead atoms. The van der Waals surface area contributed by atoms with Gasteiger partial charge in [0.05, 0.1) is 18.8 Å². The first-order valence-electron chi connectivity index (χ1n) is 8.13. The van der Waals surface area contributed by atoms with Crippen molar-refractivity contribution < 1.29 is 19.0 Å². The largest absolute Gasteiger partial charge is 0.441 e. The number of hydrazone groups is 1. The van der Waals surface area contributed by atoms with Crippen molar-refractivity contribution in [3.63, 3.8) is 0 Å². The molecule has 5 N–H and O–H groups in total. The van der Waals surface area contributed by atoms with Gasteiger partial charge in [-0.05, 0) is 24.3 Å². The molecule has 1 aromatic carbocycles. The van der Waals surface area contributed by atoms with Gasteiger partial charge in [-0.2, -0.15) is 5.10 Å². The summed E-state index contributed by atoms with van der Waals surface area (Å²) in [7, 11) is 1.66. The van der Waals surface area contributed by atoms with Gasteiger partial charge in [-0.25, -0.2) is 14.6 Å². The molecule has 2 aromatic rings.